The van der Waals surface area contributed by atoms with Crippen molar-refractivity contribution in [2.45, 2.75) is 64.0 Å². The molecule has 2 fully saturated rings. The summed E-state index contributed by atoms with van der Waals surface area (Å²) >= 11 is 1.71. The molecule has 5 rings (SSSR count). The fourth-order valence-corrected chi connectivity index (χ4v) is 6.00. The Morgan fingerprint density at radius 2 is 2.04 bits per heavy atom. The standard InChI is InChI=1S/C21H28N4O2S/c1-13-2-5-16-17(10-13)28-20-19(16)21(27)25(12-22-20)15-6-8-24(9-7-15)11-18(26)23-14-3-4-14/h12-15H,2-11H2,1H3,(H,23,26)/t13-/m0/s1. The van der Waals surface area contributed by atoms with Crippen LogP contribution in [0.5, 0.6) is 0 Å². The molecule has 0 aromatic carbocycles. The summed E-state index contributed by atoms with van der Waals surface area (Å²) in [6, 6.07) is 0.603. The van der Waals surface area contributed by atoms with Crippen LogP contribution in [-0.4, -0.2) is 46.0 Å². The second kappa shape index (κ2) is 7.26. The van der Waals surface area contributed by atoms with Crippen molar-refractivity contribution in [2.75, 3.05) is 19.6 Å². The normalized spacial score (nSPS) is 23.7. The fraction of sp³-hybridized carbons (Fsp3) is 0.667. The minimum Gasteiger partial charge on any atom is -0.352 e. The Hall–Kier alpha value is -1.73. The van der Waals surface area contributed by atoms with Gasteiger partial charge in [-0.25, -0.2) is 4.98 Å². The molecule has 150 valence electrons. The van der Waals surface area contributed by atoms with Gasteiger partial charge in [-0.05, 0) is 56.4 Å². The number of thiophene rings is 1. The van der Waals surface area contributed by atoms with Crippen molar-refractivity contribution in [1.29, 1.82) is 0 Å². The van der Waals surface area contributed by atoms with Crippen LogP contribution in [0.3, 0.4) is 0 Å². The maximum atomic E-state index is 13.3. The predicted octanol–water partition coefficient (Wildman–Crippen LogP) is 2.50. The highest BCUT2D eigenvalue weighted by atomic mass is 32.1. The number of hydrogen-bond donors (Lipinski definition) is 1. The van der Waals surface area contributed by atoms with Crippen molar-refractivity contribution >= 4 is 27.5 Å². The van der Waals surface area contributed by atoms with E-state index in [0.717, 1.165) is 68.3 Å². The van der Waals surface area contributed by atoms with Gasteiger partial charge in [0.05, 0.1) is 18.3 Å². The highest BCUT2D eigenvalue weighted by Gasteiger charge is 2.28. The number of fused-ring (bicyclic) bond motifs is 3. The fourth-order valence-electron chi connectivity index (χ4n) is 4.66. The number of rotatable bonds is 4. The molecule has 1 saturated heterocycles. The van der Waals surface area contributed by atoms with Crippen molar-refractivity contribution in [1.82, 2.24) is 19.8 Å². The van der Waals surface area contributed by atoms with Gasteiger partial charge >= 0.3 is 0 Å². The molecule has 1 aliphatic heterocycles. The third kappa shape index (κ3) is 3.50. The third-order valence-electron chi connectivity index (χ3n) is 6.50. The molecule has 0 unspecified atom stereocenters. The van der Waals surface area contributed by atoms with E-state index in [1.165, 1.54) is 10.4 Å². The molecule has 3 heterocycles. The molecule has 0 spiro atoms. The Balaban J connectivity index is 1.31. The number of aromatic nitrogens is 2. The number of amides is 1. The van der Waals surface area contributed by atoms with Gasteiger partial charge in [0, 0.05) is 30.1 Å². The van der Waals surface area contributed by atoms with Crippen LogP contribution in [0.15, 0.2) is 11.1 Å². The van der Waals surface area contributed by atoms with E-state index in [1.807, 2.05) is 4.57 Å². The minimum atomic E-state index is 0.139. The van der Waals surface area contributed by atoms with Crippen LogP contribution < -0.4 is 10.9 Å². The summed E-state index contributed by atoms with van der Waals surface area (Å²) in [4.78, 5) is 34.5. The van der Waals surface area contributed by atoms with Crippen molar-refractivity contribution in [2.24, 2.45) is 5.92 Å². The Labute approximate surface area is 168 Å². The van der Waals surface area contributed by atoms with E-state index < -0.39 is 0 Å². The number of piperidine rings is 1. The molecule has 28 heavy (non-hydrogen) atoms. The number of carbonyl (C=O) groups excluding carboxylic acids is 1. The molecule has 1 N–H and O–H groups in total. The number of nitrogens with one attached hydrogen (secondary N) is 1. The topological polar surface area (TPSA) is 67.2 Å². The van der Waals surface area contributed by atoms with Gasteiger partial charge in [-0.2, -0.15) is 0 Å². The zero-order valence-corrected chi connectivity index (χ0v) is 17.3. The van der Waals surface area contributed by atoms with Crippen molar-refractivity contribution in [3.05, 3.63) is 27.1 Å². The zero-order valence-electron chi connectivity index (χ0n) is 16.4. The molecule has 6 nitrogen and oxygen atoms in total. The summed E-state index contributed by atoms with van der Waals surface area (Å²) in [6.45, 7) is 4.47. The molecule has 2 aromatic rings. The summed E-state index contributed by atoms with van der Waals surface area (Å²) in [7, 11) is 0. The molecule has 2 aromatic heterocycles. The van der Waals surface area contributed by atoms with E-state index in [2.05, 4.69) is 22.1 Å². The van der Waals surface area contributed by atoms with Crippen LogP contribution >= 0.6 is 11.3 Å². The van der Waals surface area contributed by atoms with Crippen molar-refractivity contribution < 1.29 is 4.79 Å². The monoisotopic (exact) mass is 400 g/mol. The van der Waals surface area contributed by atoms with E-state index in [1.54, 1.807) is 17.7 Å². The number of nitrogens with zero attached hydrogens (tertiary/aromatic N) is 3. The van der Waals surface area contributed by atoms with Crippen molar-refractivity contribution in [3.8, 4) is 0 Å². The van der Waals surface area contributed by atoms with Gasteiger partial charge in [0.2, 0.25) is 5.91 Å². The first-order valence-corrected chi connectivity index (χ1v) is 11.4. The highest BCUT2D eigenvalue weighted by Crippen LogP contribution is 2.36. The van der Waals surface area contributed by atoms with Gasteiger partial charge in [0.25, 0.3) is 5.56 Å². The van der Waals surface area contributed by atoms with Crippen LogP contribution in [0, 0.1) is 5.92 Å². The molecule has 3 aliphatic rings. The lowest BCUT2D eigenvalue weighted by molar-refractivity contribution is -0.122. The maximum absolute atomic E-state index is 13.3. The predicted molar refractivity (Wildman–Crippen MR) is 111 cm³/mol. The second-order valence-electron chi connectivity index (χ2n) is 8.84. The largest absolute Gasteiger partial charge is 0.352 e. The molecule has 0 bridgehead atoms. The molecule has 7 heteroatoms. The lowest BCUT2D eigenvalue weighted by Crippen LogP contribution is -2.43. The van der Waals surface area contributed by atoms with Crippen molar-refractivity contribution in [3.63, 3.8) is 0 Å². The highest BCUT2D eigenvalue weighted by molar-refractivity contribution is 7.18. The average Bonchev–Trinajstić information content (AvgIpc) is 3.40. The van der Waals surface area contributed by atoms with Gasteiger partial charge in [-0.15, -0.1) is 11.3 Å². The first kappa shape index (κ1) is 18.3. The smallest absolute Gasteiger partial charge is 0.262 e. The number of likely N-dealkylation sites (tertiary alicyclic amines) is 1. The SMILES string of the molecule is C[C@H]1CCc2c(sc3ncn(C4CCN(CC(=O)NC5CC5)CC4)c(=O)c23)C1. The molecule has 1 saturated carbocycles. The van der Waals surface area contributed by atoms with Crippen LogP contribution in [0.2, 0.25) is 0 Å². The first-order valence-electron chi connectivity index (χ1n) is 10.6. The Morgan fingerprint density at radius 3 is 2.79 bits per heavy atom. The van der Waals surface area contributed by atoms with E-state index >= 15 is 0 Å². The van der Waals surface area contributed by atoms with Crippen LogP contribution in [0.4, 0.5) is 0 Å². The van der Waals surface area contributed by atoms with Gasteiger partial charge < -0.3 is 5.32 Å². The molecular weight excluding hydrogens is 372 g/mol. The molecule has 1 atom stereocenters. The van der Waals surface area contributed by atoms with Crippen LogP contribution in [0.25, 0.3) is 10.2 Å². The number of aryl methyl sites for hydroxylation is 1. The molecule has 1 amide bonds. The van der Waals surface area contributed by atoms with Gasteiger partial charge in [0.1, 0.15) is 4.83 Å². The summed E-state index contributed by atoms with van der Waals surface area (Å²) in [5.41, 5.74) is 1.40. The van der Waals surface area contributed by atoms with Gasteiger partial charge in [-0.3, -0.25) is 19.1 Å². The van der Waals surface area contributed by atoms with E-state index in [0.29, 0.717) is 18.5 Å². The lowest BCUT2D eigenvalue weighted by atomic mass is 9.89. The van der Waals surface area contributed by atoms with Gasteiger partial charge in [0.15, 0.2) is 0 Å². The molecule has 0 radical (unpaired) electrons. The third-order valence-corrected chi connectivity index (χ3v) is 7.66. The number of hydrogen-bond acceptors (Lipinski definition) is 5. The Kier molecular flexibility index (Phi) is 4.75. The van der Waals surface area contributed by atoms with Gasteiger partial charge in [-0.1, -0.05) is 6.92 Å². The van der Waals surface area contributed by atoms with Crippen LogP contribution in [-0.2, 0) is 17.6 Å². The minimum absolute atomic E-state index is 0.139. The molecular formula is C21H28N4O2S. The summed E-state index contributed by atoms with van der Waals surface area (Å²) in [6.07, 6.45) is 9.04. The van der Waals surface area contributed by atoms with Crippen LogP contribution in [0.1, 0.15) is 55.5 Å². The molecule has 2 aliphatic carbocycles. The summed E-state index contributed by atoms with van der Waals surface area (Å²) in [5, 5.41) is 3.93. The second-order valence-corrected chi connectivity index (χ2v) is 9.92. The zero-order chi connectivity index (χ0) is 19.3. The Bertz CT molecular complexity index is 953. The summed E-state index contributed by atoms with van der Waals surface area (Å²) in [5.74, 6) is 0.838. The first-order chi connectivity index (χ1) is 13.6. The quantitative estimate of drug-likeness (QED) is 0.856. The summed E-state index contributed by atoms with van der Waals surface area (Å²) < 4.78 is 1.87. The maximum Gasteiger partial charge on any atom is 0.262 e. The van der Waals surface area contributed by atoms with E-state index in [9.17, 15) is 9.59 Å². The average molecular weight is 401 g/mol. The van der Waals surface area contributed by atoms with E-state index in [4.69, 9.17) is 0 Å². The number of carbonyl (C=O) groups is 1. The van der Waals surface area contributed by atoms with E-state index in [-0.39, 0.29) is 17.5 Å². The lowest BCUT2D eigenvalue weighted by Gasteiger charge is -2.32. The Morgan fingerprint density at radius 1 is 1.25 bits per heavy atom.